The molecule has 17 heavy (non-hydrogen) atoms. The second-order valence-electron chi connectivity index (χ2n) is 5.14. The molecule has 1 aromatic rings. The van der Waals surface area contributed by atoms with Crippen LogP contribution in [0.2, 0.25) is 0 Å². The van der Waals surface area contributed by atoms with Gasteiger partial charge in [0.2, 0.25) is 0 Å². The number of likely N-dealkylation sites (N-methyl/N-ethyl adjacent to an activating group) is 1. The Labute approximate surface area is 101 Å². The third-order valence-electron chi connectivity index (χ3n) is 4.13. The van der Waals surface area contributed by atoms with Crippen molar-refractivity contribution in [3.05, 3.63) is 35.4 Å². The zero-order valence-corrected chi connectivity index (χ0v) is 10.4. The SMILES string of the molecule is CNCC1(c2cc(F)cc(F)c2)CCCC1C. The van der Waals surface area contributed by atoms with Gasteiger partial charge in [0, 0.05) is 18.0 Å². The molecular formula is C14H19F2N. The van der Waals surface area contributed by atoms with E-state index in [2.05, 4.69) is 12.2 Å². The monoisotopic (exact) mass is 239 g/mol. The molecule has 1 aromatic carbocycles. The van der Waals surface area contributed by atoms with E-state index in [1.807, 2.05) is 7.05 Å². The summed E-state index contributed by atoms with van der Waals surface area (Å²) in [5.74, 6) is -0.500. The Morgan fingerprint density at radius 3 is 2.41 bits per heavy atom. The van der Waals surface area contributed by atoms with Crippen molar-refractivity contribution in [2.75, 3.05) is 13.6 Å². The van der Waals surface area contributed by atoms with E-state index in [1.54, 1.807) is 0 Å². The lowest BCUT2D eigenvalue weighted by Crippen LogP contribution is -2.39. The molecule has 0 amide bonds. The van der Waals surface area contributed by atoms with Gasteiger partial charge in [-0.1, -0.05) is 13.3 Å². The normalized spacial score (nSPS) is 28.6. The Morgan fingerprint density at radius 2 is 1.94 bits per heavy atom. The average molecular weight is 239 g/mol. The Bertz CT molecular complexity index is 385. The van der Waals surface area contributed by atoms with Crippen LogP contribution in [0.25, 0.3) is 0 Å². The van der Waals surface area contributed by atoms with Crippen molar-refractivity contribution in [1.82, 2.24) is 5.32 Å². The van der Waals surface area contributed by atoms with E-state index in [9.17, 15) is 8.78 Å². The molecule has 2 unspecified atom stereocenters. The highest BCUT2D eigenvalue weighted by Gasteiger charge is 2.41. The topological polar surface area (TPSA) is 12.0 Å². The van der Waals surface area contributed by atoms with E-state index >= 15 is 0 Å². The first-order valence-corrected chi connectivity index (χ1v) is 6.19. The molecule has 0 aliphatic heterocycles. The summed E-state index contributed by atoms with van der Waals surface area (Å²) in [5, 5.41) is 3.17. The number of nitrogens with one attached hydrogen (secondary N) is 1. The molecule has 0 saturated heterocycles. The fourth-order valence-corrected chi connectivity index (χ4v) is 3.20. The Kier molecular flexibility index (Phi) is 3.48. The first-order valence-electron chi connectivity index (χ1n) is 6.19. The highest BCUT2D eigenvalue weighted by Crippen LogP contribution is 2.45. The molecule has 2 rings (SSSR count). The van der Waals surface area contributed by atoms with E-state index in [1.165, 1.54) is 12.1 Å². The van der Waals surface area contributed by atoms with E-state index in [-0.39, 0.29) is 5.41 Å². The van der Waals surface area contributed by atoms with Gasteiger partial charge in [0.05, 0.1) is 0 Å². The molecule has 94 valence electrons. The Morgan fingerprint density at radius 1 is 1.29 bits per heavy atom. The molecule has 1 saturated carbocycles. The van der Waals surface area contributed by atoms with Gasteiger partial charge in [0.25, 0.3) is 0 Å². The third-order valence-corrected chi connectivity index (χ3v) is 4.13. The van der Waals surface area contributed by atoms with Gasteiger partial charge in [-0.05, 0) is 43.5 Å². The second-order valence-corrected chi connectivity index (χ2v) is 5.14. The van der Waals surface area contributed by atoms with E-state index in [0.717, 1.165) is 37.4 Å². The van der Waals surface area contributed by atoms with Crippen molar-refractivity contribution in [1.29, 1.82) is 0 Å². The molecule has 3 heteroatoms. The molecular weight excluding hydrogens is 220 g/mol. The van der Waals surface area contributed by atoms with Crippen LogP contribution in [-0.2, 0) is 5.41 Å². The lowest BCUT2D eigenvalue weighted by Gasteiger charge is -2.34. The summed E-state index contributed by atoms with van der Waals surface area (Å²) in [4.78, 5) is 0. The Balaban J connectivity index is 2.45. The van der Waals surface area contributed by atoms with Crippen LogP contribution in [0.5, 0.6) is 0 Å². The minimum Gasteiger partial charge on any atom is -0.319 e. The van der Waals surface area contributed by atoms with Crippen molar-refractivity contribution >= 4 is 0 Å². The number of rotatable bonds is 3. The summed E-state index contributed by atoms with van der Waals surface area (Å²) in [6, 6.07) is 3.92. The van der Waals surface area contributed by atoms with E-state index < -0.39 is 11.6 Å². The molecule has 0 aromatic heterocycles. The molecule has 1 fully saturated rings. The molecule has 1 aliphatic carbocycles. The van der Waals surface area contributed by atoms with Gasteiger partial charge in [-0.25, -0.2) is 8.78 Å². The average Bonchev–Trinajstić information content (AvgIpc) is 2.60. The van der Waals surface area contributed by atoms with Gasteiger partial charge in [-0.15, -0.1) is 0 Å². The zero-order valence-electron chi connectivity index (χ0n) is 10.4. The van der Waals surface area contributed by atoms with Crippen molar-refractivity contribution in [3.8, 4) is 0 Å². The van der Waals surface area contributed by atoms with Gasteiger partial charge in [0.1, 0.15) is 11.6 Å². The lowest BCUT2D eigenvalue weighted by molar-refractivity contribution is 0.323. The molecule has 0 heterocycles. The van der Waals surface area contributed by atoms with Gasteiger partial charge in [-0.2, -0.15) is 0 Å². The Hall–Kier alpha value is -0.960. The number of benzene rings is 1. The summed E-state index contributed by atoms with van der Waals surface area (Å²) < 4.78 is 26.7. The van der Waals surface area contributed by atoms with Crippen LogP contribution in [0.3, 0.4) is 0 Å². The van der Waals surface area contributed by atoms with Crippen LogP contribution >= 0.6 is 0 Å². The number of hydrogen-bond donors (Lipinski definition) is 1. The molecule has 1 nitrogen and oxygen atoms in total. The summed E-state index contributed by atoms with van der Waals surface area (Å²) in [6.45, 7) is 2.95. The van der Waals surface area contributed by atoms with Crippen LogP contribution in [-0.4, -0.2) is 13.6 Å². The maximum atomic E-state index is 13.4. The van der Waals surface area contributed by atoms with Crippen molar-refractivity contribution in [2.45, 2.75) is 31.6 Å². The fraction of sp³-hybridized carbons (Fsp3) is 0.571. The van der Waals surface area contributed by atoms with Crippen LogP contribution in [0, 0.1) is 17.6 Å². The molecule has 1 N–H and O–H groups in total. The standard InChI is InChI=1S/C14H19F2N/c1-10-4-3-5-14(10,9-17-2)11-6-12(15)8-13(16)7-11/h6-8,10,17H,3-5,9H2,1-2H3. The number of halogens is 2. The van der Waals surface area contributed by atoms with E-state index in [4.69, 9.17) is 0 Å². The van der Waals surface area contributed by atoms with Crippen LogP contribution < -0.4 is 5.32 Å². The predicted molar refractivity (Wildman–Crippen MR) is 65.0 cm³/mol. The smallest absolute Gasteiger partial charge is 0.126 e. The maximum absolute atomic E-state index is 13.4. The van der Waals surface area contributed by atoms with Gasteiger partial charge in [-0.3, -0.25) is 0 Å². The van der Waals surface area contributed by atoms with Crippen molar-refractivity contribution < 1.29 is 8.78 Å². The molecule has 0 spiro atoms. The summed E-state index contributed by atoms with van der Waals surface area (Å²) in [7, 11) is 1.89. The van der Waals surface area contributed by atoms with Crippen molar-refractivity contribution in [3.63, 3.8) is 0 Å². The zero-order chi connectivity index (χ0) is 12.5. The first-order chi connectivity index (χ1) is 8.08. The van der Waals surface area contributed by atoms with Gasteiger partial charge < -0.3 is 5.32 Å². The predicted octanol–water partition coefficient (Wildman–Crippen LogP) is 3.24. The van der Waals surface area contributed by atoms with Gasteiger partial charge >= 0.3 is 0 Å². The molecule has 0 radical (unpaired) electrons. The van der Waals surface area contributed by atoms with Crippen LogP contribution in [0.1, 0.15) is 31.7 Å². The minimum absolute atomic E-state index is 0.113. The first kappa shape index (κ1) is 12.5. The van der Waals surface area contributed by atoms with Gasteiger partial charge in [0.15, 0.2) is 0 Å². The molecule has 0 bridgehead atoms. The van der Waals surface area contributed by atoms with Crippen molar-refractivity contribution in [2.24, 2.45) is 5.92 Å². The second kappa shape index (κ2) is 4.73. The highest BCUT2D eigenvalue weighted by molar-refractivity contribution is 5.30. The molecule has 1 aliphatic rings. The van der Waals surface area contributed by atoms with E-state index in [0.29, 0.717) is 5.92 Å². The quantitative estimate of drug-likeness (QED) is 0.853. The summed E-state index contributed by atoms with van der Waals surface area (Å²) >= 11 is 0. The van der Waals surface area contributed by atoms with Crippen LogP contribution in [0.4, 0.5) is 8.78 Å². The largest absolute Gasteiger partial charge is 0.319 e. The van der Waals surface area contributed by atoms with Crippen LogP contribution in [0.15, 0.2) is 18.2 Å². The lowest BCUT2D eigenvalue weighted by atomic mass is 9.73. The minimum atomic E-state index is -0.477. The number of hydrogen-bond acceptors (Lipinski definition) is 1. The summed E-state index contributed by atoms with van der Waals surface area (Å²) in [6.07, 6.45) is 3.25. The fourth-order valence-electron chi connectivity index (χ4n) is 3.20. The third kappa shape index (κ3) is 2.21. The maximum Gasteiger partial charge on any atom is 0.126 e. The highest BCUT2D eigenvalue weighted by atomic mass is 19.1. The molecule has 2 atom stereocenters. The summed E-state index contributed by atoms with van der Waals surface area (Å²) in [5.41, 5.74) is 0.687.